The predicted octanol–water partition coefficient (Wildman–Crippen LogP) is 3.06. The first-order valence-corrected chi connectivity index (χ1v) is 6.55. The Bertz CT molecular complexity index is 537. The molecule has 0 unspecified atom stereocenters. The van der Waals surface area contributed by atoms with Crippen LogP contribution in [0.2, 0.25) is 0 Å². The molecule has 0 fully saturated rings. The van der Waals surface area contributed by atoms with Crippen molar-refractivity contribution in [2.24, 2.45) is 0 Å². The second-order valence-corrected chi connectivity index (χ2v) is 4.92. The van der Waals surface area contributed by atoms with Gasteiger partial charge in [0.15, 0.2) is 0 Å². The maximum atomic E-state index is 4.33. The minimum atomic E-state index is 0.887. The highest BCUT2D eigenvalue weighted by Gasteiger charge is 2.06. The number of hydrogen-bond donors (Lipinski definition) is 1. The average Bonchev–Trinajstić information content (AvgIpc) is 2.39. The number of benzene rings is 1. The molecule has 0 atom stereocenters. The summed E-state index contributed by atoms with van der Waals surface area (Å²) >= 11 is 0. The molecule has 0 aliphatic heterocycles. The zero-order chi connectivity index (χ0) is 13.7. The van der Waals surface area contributed by atoms with Crippen LogP contribution in [0, 0.1) is 6.92 Å². The van der Waals surface area contributed by atoms with Crippen molar-refractivity contribution in [2.75, 3.05) is 19.4 Å². The summed E-state index contributed by atoms with van der Waals surface area (Å²) in [6.07, 6.45) is 1.82. The van der Waals surface area contributed by atoms with Crippen LogP contribution in [0.5, 0.6) is 0 Å². The van der Waals surface area contributed by atoms with Crippen LogP contribution in [0.3, 0.4) is 0 Å². The van der Waals surface area contributed by atoms with Gasteiger partial charge in [0.1, 0.15) is 5.82 Å². The van der Waals surface area contributed by atoms with Crippen molar-refractivity contribution in [3.63, 3.8) is 0 Å². The van der Waals surface area contributed by atoms with Gasteiger partial charge in [0.2, 0.25) is 0 Å². The average molecular weight is 255 g/mol. The molecule has 3 nitrogen and oxygen atoms in total. The molecule has 0 saturated heterocycles. The van der Waals surface area contributed by atoms with Crippen LogP contribution in [0.1, 0.15) is 16.7 Å². The van der Waals surface area contributed by atoms with Crippen molar-refractivity contribution in [3.05, 3.63) is 59.3 Å². The van der Waals surface area contributed by atoms with E-state index in [9.17, 15) is 0 Å². The molecule has 0 amide bonds. The monoisotopic (exact) mass is 255 g/mol. The Kier molecular flexibility index (Phi) is 4.53. The van der Waals surface area contributed by atoms with Crippen LogP contribution in [0.15, 0.2) is 42.6 Å². The molecule has 1 aromatic carbocycles. The summed E-state index contributed by atoms with van der Waals surface area (Å²) in [6, 6.07) is 12.7. The lowest BCUT2D eigenvalue weighted by Crippen LogP contribution is -2.18. The van der Waals surface area contributed by atoms with E-state index in [1.165, 1.54) is 16.7 Å². The van der Waals surface area contributed by atoms with Gasteiger partial charge in [0.05, 0.1) is 0 Å². The van der Waals surface area contributed by atoms with Crippen molar-refractivity contribution in [1.29, 1.82) is 0 Å². The summed E-state index contributed by atoms with van der Waals surface area (Å²) in [6.45, 7) is 3.96. The van der Waals surface area contributed by atoms with Crippen LogP contribution in [-0.2, 0) is 13.1 Å². The van der Waals surface area contributed by atoms with Gasteiger partial charge in [-0.05, 0) is 25.6 Å². The standard InChI is InChI=1S/C16H21N3/c1-13-6-4-7-14(10-13)11-19(3)12-15-8-5-9-18-16(15)17-2/h4-10H,11-12H2,1-3H3,(H,17,18). The SMILES string of the molecule is CNc1ncccc1CN(C)Cc1cccc(C)c1. The molecule has 0 radical (unpaired) electrons. The molecule has 19 heavy (non-hydrogen) atoms. The highest BCUT2D eigenvalue weighted by atomic mass is 15.1. The van der Waals surface area contributed by atoms with Gasteiger partial charge in [0.25, 0.3) is 0 Å². The number of anilines is 1. The third kappa shape index (κ3) is 3.80. The first-order chi connectivity index (χ1) is 9.19. The quantitative estimate of drug-likeness (QED) is 0.890. The molecule has 2 aromatic rings. The summed E-state index contributed by atoms with van der Waals surface area (Å²) in [5.74, 6) is 0.957. The van der Waals surface area contributed by atoms with Gasteiger partial charge < -0.3 is 5.32 Å². The van der Waals surface area contributed by atoms with E-state index in [1.54, 1.807) is 0 Å². The van der Waals surface area contributed by atoms with Gasteiger partial charge in [0, 0.05) is 31.9 Å². The molecule has 1 N–H and O–H groups in total. The Morgan fingerprint density at radius 1 is 1.16 bits per heavy atom. The number of hydrogen-bond acceptors (Lipinski definition) is 3. The smallest absolute Gasteiger partial charge is 0.130 e. The molecule has 0 aliphatic carbocycles. The summed E-state index contributed by atoms with van der Waals surface area (Å²) in [4.78, 5) is 6.63. The molecule has 0 saturated carbocycles. The fraction of sp³-hybridized carbons (Fsp3) is 0.312. The maximum Gasteiger partial charge on any atom is 0.130 e. The van der Waals surface area contributed by atoms with Crippen molar-refractivity contribution in [1.82, 2.24) is 9.88 Å². The largest absolute Gasteiger partial charge is 0.373 e. The molecular weight excluding hydrogens is 234 g/mol. The molecular formula is C16H21N3. The van der Waals surface area contributed by atoms with E-state index in [1.807, 2.05) is 19.3 Å². The number of aromatic nitrogens is 1. The number of aryl methyl sites for hydroxylation is 1. The molecule has 100 valence electrons. The fourth-order valence-electron chi connectivity index (χ4n) is 2.26. The van der Waals surface area contributed by atoms with Crippen molar-refractivity contribution in [3.8, 4) is 0 Å². The van der Waals surface area contributed by atoms with Crippen LogP contribution in [0.25, 0.3) is 0 Å². The van der Waals surface area contributed by atoms with Crippen molar-refractivity contribution < 1.29 is 0 Å². The maximum absolute atomic E-state index is 4.33. The minimum Gasteiger partial charge on any atom is -0.373 e. The molecule has 0 aliphatic rings. The van der Waals surface area contributed by atoms with Crippen molar-refractivity contribution in [2.45, 2.75) is 20.0 Å². The molecule has 3 heteroatoms. The second kappa shape index (κ2) is 6.34. The summed E-state index contributed by atoms with van der Waals surface area (Å²) < 4.78 is 0. The van der Waals surface area contributed by atoms with Gasteiger partial charge in [-0.25, -0.2) is 4.98 Å². The van der Waals surface area contributed by atoms with Crippen LogP contribution in [0.4, 0.5) is 5.82 Å². The Hall–Kier alpha value is -1.87. The highest BCUT2D eigenvalue weighted by molar-refractivity contribution is 5.42. The molecule has 0 bridgehead atoms. The van der Waals surface area contributed by atoms with E-state index < -0.39 is 0 Å². The molecule has 1 heterocycles. The van der Waals surface area contributed by atoms with E-state index in [-0.39, 0.29) is 0 Å². The van der Waals surface area contributed by atoms with E-state index in [0.29, 0.717) is 0 Å². The number of rotatable bonds is 5. The van der Waals surface area contributed by atoms with Crippen LogP contribution >= 0.6 is 0 Å². The fourth-order valence-corrected chi connectivity index (χ4v) is 2.26. The zero-order valence-corrected chi connectivity index (χ0v) is 11.9. The number of nitrogens with one attached hydrogen (secondary N) is 1. The van der Waals surface area contributed by atoms with Gasteiger partial charge in [-0.2, -0.15) is 0 Å². The van der Waals surface area contributed by atoms with Crippen LogP contribution in [-0.4, -0.2) is 24.0 Å². The summed E-state index contributed by atoms with van der Waals surface area (Å²) in [7, 11) is 4.04. The Morgan fingerprint density at radius 2 is 2.00 bits per heavy atom. The van der Waals surface area contributed by atoms with Gasteiger partial charge in [-0.15, -0.1) is 0 Å². The van der Waals surface area contributed by atoms with E-state index in [4.69, 9.17) is 0 Å². The van der Waals surface area contributed by atoms with Gasteiger partial charge in [-0.3, -0.25) is 4.90 Å². The minimum absolute atomic E-state index is 0.887. The third-order valence-electron chi connectivity index (χ3n) is 3.10. The Morgan fingerprint density at radius 3 is 2.74 bits per heavy atom. The lowest BCUT2D eigenvalue weighted by Gasteiger charge is -2.18. The van der Waals surface area contributed by atoms with E-state index >= 15 is 0 Å². The molecule has 1 aromatic heterocycles. The topological polar surface area (TPSA) is 28.2 Å². The first-order valence-electron chi connectivity index (χ1n) is 6.55. The second-order valence-electron chi connectivity index (χ2n) is 4.92. The third-order valence-corrected chi connectivity index (χ3v) is 3.10. The van der Waals surface area contributed by atoms with Crippen LogP contribution < -0.4 is 5.32 Å². The Balaban J connectivity index is 2.03. The van der Waals surface area contributed by atoms with Gasteiger partial charge in [-0.1, -0.05) is 35.9 Å². The Labute approximate surface area is 115 Å². The number of pyridine rings is 1. The lowest BCUT2D eigenvalue weighted by atomic mass is 10.1. The lowest BCUT2D eigenvalue weighted by molar-refractivity contribution is 0.319. The normalized spacial score (nSPS) is 10.7. The van der Waals surface area contributed by atoms with E-state index in [0.717, 1.165) is 18.9 Å². The van der Waals surface area contributed by atoms with Crippen molar-refractivity contribution >= 4 is 5.82 Å². The molecule has 0 spiro atoms. The molecule has 2 rings (SSSR count). The van der Waals surface area contributed by atoms with E-state index in [2.05, 4.69) is 59.5 Å². The zero-order valence-electron chi connectivity index (χ0n) is 11.9. The van der Waals surface area contributed by atoms with Gasteiger partial charge >= 0.3 is 0 Å². The predicted molar refractivity (Wildman–Crippen MR) is 80.1 cm³/mol. The summed E-state index contributed by atoms with van der Waals surface area (Å²) in [5, 5.41) is 3.14. The first kappa shape index (κ1) is 13.6. The highest BCUT2D eigenvalue weighted by Crippen LogP contribution is 2.14. The number of nitrogens with zero attached hydrogens (tertiary/aromatic N) is 2. The summed E-state index contributed by atoms with van der Waals surface area (Å²) in [5.41, 5.74) is 3.88.